The highest BCUT2D eigenvalue weighted by atomic mass is 35.5. The average molecular weight is 464 g/mol. The Labute approximate surface area is 181 Å². The maximum absolute atomic E-state index is 12.8. The van der Waals surface area contributed by atoms with Crippen molar-refractivity contribution in [3.8, 4) is 5.75 Å². The molecule has 0 bridgehead atoms. The number of hydrogen-bond donors (Lipinski definition) is 3. The van der Waals surface area contributed by atoms with E-state index in [1.165, 1.54) is 11.9 Å². The van der Waals surface area contributed by atoms with Crippen molar-refractivity contribution >= 4 is 38.2 Å². The summed E-state index contributed by atoms with van der Waals surface area (Å²) in [5.74, 6) is 0.715. The summed E-state index contributed by atoms with van der Waals surface area (Å²) in [6.45, 7) is 5.08. The molecule has 2 rings (SSSR count). The molecule has 1 heterocycles. The fourth-order valence-electron chi connectivity index (χ4n) is 2.37. The van der Waals surface area contributed by atoms with Crippen LogP contribution in [-0.2, 0) is 10.0 Å². The molecule has 0 fully saturated rings. The van der Waals surface area contributed by atoms with Crippen molar-refractivity contribution in [1.29, 1.82) is 0 Å². The lowest BCUT2D eigenvalue weighted by molar-refractivity contribution is -0.367. The van der Waals surface area contributed by atoms with Crippen molar-refractivity contribution in [2.75, 3.05) is 37.0 Å². The van der Waals surface area contributed by atoms with Gasteiger partial charge in [-0.3, -0.25) is 4.90 Å². The first-order valence-corrected chi connectivity index (χ1v) is 11.1. The van der Waals surface area contributed by atoms with Crippen molar-refractivity contribution in [2.45, 2.75) is 24.5 Å². The number of amides is 2. The second-order valence-electron chi connectivity index (χ2n) is 5.82. The number of aryl methyl sites for hydroxylation is 1. The molecule has 0 spiro atoms. The summed E-state index contributed by atoms with van der Waals surface area (Å²) in [5, 5.41) is 3.14. The summed E-state index contributed by atoms with van der Waals surface area (Å²) in [4.78, 5) is 18.6. The molecular weight excluding hydrogens is 438 g/mol. The van der Waals surface area contributed by atoms with Crippen LogP contribution in [-0.4, -0.2) is 46.2 Å². The second kappa shape index (κ2) is 11.3. The van der Waals surface area contributed by atoms with Gasteiger partial charge in [0.15, 0.2) is 9.34 Å². The number of sulfonamides is 1. The van der Waals surface area contributed by atoms with Gasteiger partial charge in [-0.25, -0.2) is 22.9 Å². The van der Waals surface area contributed by atoms with E-state index in [1.807, 2.05) is 6.92 Å². The Balaban J connectivity index is 0.00000420. The number of nitrogens with zero attached hydrogens (tertiary/aromatic N) is 2. The minimum Gasteiger partial charge on any atom is -1.00 e. The highest BCUT2D eigenvalue weighted by molar-refractivity contribution is 7.91. The minimum atomic E-state index is -3.64. The van der Waals surface area contributed by atoms with Crippen molar-refractivity contribution in [3.05, 3.63) is 30.0 Å². The first-order chi connectivity index (χ1) is 13.3. The number of carbonyl (C=O) groups excluding carboxylic acids is 1. The fourth-order valence-corrected chi connectivity index (χ4v) is 4.73. The van der Waals surface area contributed by atoms with Gasteiger partial charge in [0.05, 0.1) is 18.8 Å². The lowest BCUT2D eigenvalue weighted by Gasteiger charge is -2.20. The van der Waals surface area contributed by atoms with Crippen LogP contribution in [0.3, 0.4) is 0 Å². The standard InChI is InChI=1S/C17H25N5O4S2.ClH/c1-4-26-14-8-6-13(7-9-14)21-16(23)22(11-5-10-18)17-20-12(2)15(27-17)28(24,25)19-3;/h6-9,19H,4-5,10-11,18H2,1-3H3,(H,21,23);1H. The van der Waals surface area contributed by atoms with Gasteiger partial charge in [-0.05, 0) is 45.2 Å². The number of halogens is 1. The van der Waals surface area contributed by atoms with E-state index in [4.69, 9.17) is 4.74 Å². The van der Waals surface area contributed by atoms with E-state index < -0.39 is 10.0 Å². The van der Waals surface area contributed by atoms with Crippen LogP contribution in [0.1, 0.15) is 19.0 Å². The number of carbonyl (C=O) groups is 1. The Bertz CT molecular complexity index is 903. The number of anilines is 2. The lowest BCUT2D eigenvalue weighted by Crippen LogP contribution is -3.00. The zero-order chi connectivity index (χ0) is 20.7. The van der Waals surface area contributed by atoms with E-state index in [-0.39, 0.29) is 22.6 Å². The van der Waals surface area contributed by atoms with Gasteiger partial charge in [-0.2, -0.15) is 0 Å². The highest BCUT2D eigenvalue weighted by Gasteiger charge is 2.25. The Kier molecular flexibility index (Phi) is 9.80. The van der Waals surface area contributed by atoms with Gasteiger partial charge in [-0.15, -0.1) is 0 Å². The van der Waals surface area contributed by atoms with Gasteiger partial charge >= 0.3 is 6.03 Å². The van der Waals surface area contributed by atoms with Crippen LogP contribution in [0.4, 0.5) is 15.6 Å². The zero-order valence-electron chi connectivity index (χ0n) is 16.6. The van der Waals surface area contributed by atoms with Crippen molar-refractivity contribution in [3.63, 3.8) is 0 Å². The van der Waals surface area contributed by atoms with Crippen molar-refractivity contribution in [2.24, 2.45) is 0 Å². The Morgan fingerprint density at radius 3 is 2.52 bits per heavy atom. The third kappa shape index (κ3) is 6.54. The monoisotopic (exact) mass is 463 g/mol. The van der Waals surface area contributed by atoms with E-state index in [9.17, 15) is 13.2 Å². The summed E-state index contributed by atoms with van der Waals surface area (Å²) in [6, 6.07) is 6.63. The van der Waals surface area contributed by atoms with Crippen LogP contribution >= 0.6 is 11.3 Å². The number of ether oxygens (including phenoxy) is 1. The van der Waals surface area contributed by atoms with Gasteiger partial charge in [-0.1, -0.05) is 11.3 Å². The zero-order valence-corrected chi connectivity index (χ0v) is 19.0. The van der Waals surface area contributed by atoms with Crippen molar-refractivity contribution < 1.29 is 36.1 Å². The molecule has 29 heavy (non-hydrogen) atoms. The van der Waals surface area contributed by atoms with Gasteiger partial charge in [0, 0.05) is 18.7 Å². The summed E-state index contributed by atoms with van der Waals surface area (Å²) in [7, 11) is -2.29. The normalized spacial score (nSPS) is 10.9. The fraction of sp³-hybridized carbons (Fsp3) is 0.412. The number of urea groups is 1. The molecule has 0 unspecified atom stereocenters. The first-order valence-electron chi connectivity index (χ1n) is 8.84. The molecule has 2 amide bonds. The molecule has 5 N–H and O–H groups in total. The minimum absolute atomic E-state index is 0. The van der Waals surface area contributed by atoms with Crippen LogP contribution in [0.2, 0.25) is 0 Å². The molecule has 0 radical (unpaired) electrons. The van der Waals surface area contributed by atoms with Gasteiger partial charge < -0.3 is 28.2 Å². The largest absolute Gasteiger partial charge is 1.00 e. The Morgan fingerprint density at radius 2 is 1.97 bits per heavy atom. The molecule has 0 saturated carbocycles. The van der Waals surface area contributed by atoms with E-state index in [0.29, 0.717) is 48.4 Å². The molecule has 1 aromatic heterocycles. The maximum Gasteiger partial charge on any atom is 0.328 e. The third-order valence-electron chi connectivity index (χ3n) is 3.78. The molecule has 162 valence electrons. The number of aromatic nitrogens is 1. The van der Waals surface area contributed by atoms with Crippen molar-refractivity contribution in [1.82, 2.24) is 9.71 Å². The summed E-state index contributed by atoms with van der Waals surface area (Å²) in [6.07, 6.45) is 0.656. The average Bonchev–Trinajstić information content (AvgIpc) is 3.06. The van der Waals surface area contributed by atoms with Gasteiger partial charge in [0.1, 0.15) is 5.75 Å². The van der Waals surface area contributed by atoms with E-state index in [0.717, 1.165) is 11.3 Å². The number of nitrogens with one attached hydrogen (secondary N) is 2. The molecule has 2 aromatic rings. The third-order valence-corrected chi connectivity index (χ3v) is 6.98. The molecule has 0 aliphatic rings. The van der Waals surface area contributed by atoms with Crippen LogP contribution < -0.4 is 37.8 Å². The van der Waals surface area contributed by atoms with Crippen LogP contribution in [0.5, 0.6) is 5.75 Å². The maximum atomic E-state index is 12.8. The summed E-state index contributed by atoms with van der Waals surface area (Å²) in [5.41, 5.74) is 4.75. The Hall–Kier alpha value is -1.92. The molecule has 0 aliphatic carbocycles. The smallest absolute Gasteiger partial charge is 0.328 e. The quantitative estimate of drug-likeness (QED) is 0.414. The topological polar surface area (TPSA) is 128 Å². The van der Waals surface area contributed by atoms with Gasteiger partial charge in [0.2, 0.25) is 0 Å². The van der Waals surface area contributed by atoms with Crippen LogP contribution in [0, 0.1) is 6.92 Å². The predicted octanol–water partition coefficient (Wildman–Crippen LogP) is -1.57. The van der Waals surface area contributed by atoms with E-state index in [1.54, 1.807) is 31.2 Å². The molecule has 1 aromatic carbocycles. The summed E-state index contributed by atoms with van der Waals surface area (Å²) >= 11 is 0.961. The molecule has 12 heteroatoms. The van der Waals surface area contributed by atoms with Gasteiger partial charge in [0.25, 0.3) is 10.0 Å². The number of rotatable bonds is 9. The Morgan fingerprint density at radius 1 is 1.31 bits per heavy atom. The van der Waals surface area contributed by atoms with E-state index in [2.05, 4.69) is 20.8 Å². The highest BCUT2D eigenvalue weighted by Crippen LogP contribution is 2.30. The second-order valence-corrected chi connectivity index (χ2v) is 8.88. The first kappa shape index (κ1) is 25.1. The predicted molar refractivity (Wildman–Crippen MR) is 109 cm³/mol. The summed E-state index contributed by atoms with van der Waals surface area (Å²) < 4.78 is 32.0. The molecule has 0 saturated heterocycles. The lowest BCUT2D eigenvalue weighted by atomic mass is 10.3. The number of thiazole rings is 1. The van der Waals surface area contributed by atoms with Crippen LogP contribution in [0.25, 0.3) is 0 Å². The number of benzene rings is 1. The van der Waals surface area contributed by atoms with E-state index >= 15 is 0 Å². The van der Waals surface area contributed by atoms with Crippen LogP contribution in [0.15, 0.2) is 28.5 Å². The number of quaternary nitrogens is 1. The molecular formula is C17H26ClN5O4S2. The number of hydrogen-bond acceptors (Lipinski definition) is 6. The molecule has 0 atom stereocenters. The SMILES string of the molecule is CCOc1ccc(NC(=O)N(CCC[NH3+])c2nc(C)c(S(=O)(=O)NC)s2)cc1.[Cl-]. The molecule has 0 aliphatic heterocycles. The molecule has 9 nitrogen and oxygen atoms in total.